The van der Waals surface area contributed by atoms with Gasteiger partial charge in [0.15, 0.2) is 5.22 Å². The Morgan fingerprint density at radius 1 is 1.35 bits per heavy atom. The van der Waals surface area contributed by atoms with Crippen LogP contribution in [0.2, 0.25) is 5.22 Å². The number of hydrogen-bond acceptors (Lipinski definition) is 3. The van der Waals surface area contributed by atoms with E-state index in [9.17, 15) is 9.50 Å². The summed E-state index contributed by atoms with van der Waals surface area (Å²) in [6.07, 6.45) is -1.12. The average molecular weight is 257 g/mol. The van der Waals surface area contributed by atoms with Crippen LogP contribution in [0, 0.1) is 5.82 Å². The number of ether oxygens (including phenoxy) is 1. The first-order chi connectivity index (χ1) is 8.11. The molecule has 2 aromatic rings. The highest BCUT2D eigenvalue weighted by molar-refractivity contribution is 6.28. The van der Waals surface area contributed by atoms with Gasteiger partial charge in [-0.25, -0.2) is 4.39 Å². The second kappa shape index (κ2) is 4.77. The van der Waals surface area contributed by atoms with Gasteiger partial charge in [-0.05, 0) is 41.9 Å². The topological polar surface area (TPSA) is 42.6 Å². The lowest BCUT2D eigenvalue weighted by atomic mass is 10.1. The Hall–Kier alpha value is -1.52. The molecule has 0 aliphatic rings. The second-order valence-corrected chi connectivity index (χ2v) is 3.80. The lowest BCUT2D eigenvalue weighted by Gasteiger charge is -2.12. The lowest BCUT2D eigenvalue weighted by Crippen LogP contribution is -2.02. The van der Waals surface area contributed by atoms with Gasteiger partial charge in [0.2, 0.25) is 0 Å². The van der Waals surface area contributed by atoms with Crippen molar-refractivity contribution in [2.45, 2.75) is 6.10 Å². The zero-order chi connectivity index (χ0) is 12.4. The maximum absolute atomic E-state index is 13.1. The number of aliphatic hydroxyl groups is 1. The molecular weight excluding hydrogens is 247 g/mol. The molecule has 1 atom stereocenters. The molecule has 3 nitrogen and oxygen atoms in total. The highest BCUT2D eigenvalue weighted by Gasteiger charge is 2.19. The number of hydrogen-bond donors (Lipinski definition) is 1. The Morgan fingerprint density at radius 2 is 2.12 bits per heavy atom. The molecule has 0 fully saturated rings. The maximum Gasteiger partial charge on any atom is 0.193 e. The molecule has 1 unspecified atom stereocenters. The zero-order valence-electron chi connectivity index (χ0n) is 8.98. The third-order valence-corrected chi connectivity index (χ3v) is 2.55. The van der Waals surface area contributed by atoms with E-state index >= 15 is 0 Å². The summed E-state index contributed by atoms with van der Waals surface area (Å²) in [6, 6.07) is 6.92. The van der Waals surface area contributed by atoms with Crippen LogP contribution in [0.25, 0.3) is 0 Å². The third-order valence-electron chi connectivity index (χ3n) is 2.35. The van der Waals surface area contributed by atoms with E-state index in [0.29, 0.717) is 11.3 Å². The van der Waals surface area contributed by atoms with Crippen LogP contribution < -0.4 is 4.74 Å². The first-order valence-electron chi connectivity index (χ1n) is 4.88. The molecule has 1 aromatic carbocycles. The van der Waals surface area contributed by atoms with Crippen molar-refractivity contribution < 1.29 is 18.7 Å². The molecule has 0 saturated heterocycles. The summed E-state index contributed by atoms with van der Waals surface area (Å²) in [5.74, 6) is 0.155. The zero-order valence-corrected chi connectivity index (χ0v) is 9.74. The van der Waals surface area contributed by atoms with Crippen LogP contribution in [0.3, 0.4) is 0 Å². The molecule has 0 aliphatic heterocycles. The van der Waals surface area contributed by atoms with Gasteiger partial charge < -0.3 is 14.3 Å². The molecule has 17 heavy (non-hydrogen) atoms. The van der Waals surface area contributed by atoms with Gasteiger partial charge in [0.25, 0.3) is 0 Å². The normalized spacial score (nSPS) is 12.5. The van der Waals surface area contributed by atoms with Crippen molar-refractivity contribution in [1.29, 1.82) is 0 Å². The van der Waals surface area contributed by atoms with E-state index in [1.54, 1.807) is 0 Å². The molecule has 90 valence electrons. The fourth-order valence-corrected chi connectivity index (χ4v) is 1.70. The first kappa shape index (κ1) is 12.0. The number of benzene rings is 1. The van der Waals surface area contributed by atoms with Crippen molar-refractivity contribution >= 4 is 11.6 Å². The highest BCUT2D eigenvalue weighted by atomic mass is 35.5. The summed E-state index contributed by atoms with van der Waals surface area (Å²) in [5, 5.41) is 10.2. The Labute approximate surface area is 102 Å². The largest absolute Gasteiger partial charge is 0.496 e. The van der Waals surface area contributed by atoms with Crippen LogP contribution in [0.4, 0.5) is 4.39 Å². The van der Waals surface area contributed by atoms with E-state index < -0.39 is 11.9 Å². The van der Waals surface area contributed by atoms with Crippen LogP contribution in [0.15, 0.2) is 34.7 Å². The summed E-state index contributed by atoms with van der Waals surface area (Å²) in [7, 11) is 1.44. The molecule has 0 amide bonds. The highest BCUT2D eigenvalue weighted by Crippen LogP contribution is 2.32. The fraction of sp³-hybridized carbons (Fsp3) is 0.167. The van der Waals surface area contributed by atoms with Gasteiger partial charge in [-0.15, -0.1) is 0 Å². The van der Waals surface area contributed by atoms with Crippen LogP contribution in [0.1, 0.15) is 17.4 Å². The van der Waals surface area contributed by atoms with E-state index in [2.05, 4.69) is 0 Å². The number of halogens is 2. The van der Waals surface area contributed by atoms with Crippen LogP contribution in [-0.4, -0.2) is 12.2 Å². The van der Waals surface area contributed by atoms with Crippen molar-refractivity contribution in [3.8, 4) is 5.75 Å². The van der Waals surface area contributed by atoms with Crippen molar-refractivity contribution in [2.24, 2.45) is 0 Å². The van der Waals surface area contributed by atoms with Crippen LogP contribution in [0.5, 0.6) is 5.75 Å². The molecule has 0 saturated carbocycles. The second-order valence-electron chi connectivity index (χ2n) is 3.43. The van der Waals surface area contributed by atoms with Crippen LogP contribution in [-0.2, 0) is 0 Å². The Balaban J connectivity index is 2.42. The SMILES string of the molecule is COc1ccc(F)cc1C(O)c1ccc(Cl)o1. The van der Waals surface area contributed by atoms with Crippen molar-refractivity contribution in [3.05, 3.63) is 52.7 Å². The van der Waals surface area contributed by atoms with E-state index in [4.69, 9.17) is 20.8 Å². The summed E-state index contributed by atoms with van der Waals surface area (Å²) >= 11 is 5.61. The smallest absolute Gasteiger partial charge is 0.193 e. The lowest BCUT2D eigenvalue weighted by molar-refractivity contribution is 0.184. The van der Waals surface area contributed by atoms with Gasteiger partial charge >= 0.3 is 0 Å². The van der Waals surface area contributed by atoms with Crippen LogP contribution >= 0.6 is 11.6 Å². The minimum atomic E-state index is -1.12. The van der Waals surface area contributed by atoms with Gasteiger partial charge in [-0.3, -0.25) is 0 Å². The Bertz CT molecular complexity index is 524. The summed E-state index contributed by atoms with van der Waals surface area (Å²) < 4.78 is 23.3. The van der Waals surface area contributed by atoms with Gasteiger partial charge in [-0.1, -0.05) is 0 Å². The molecule has 0 spiro atoms. The number of furan rings is 1. The molecular formula is C12H10ClFO3. The van der Waals surface area contributed by atoms with Crippen molar-refractivity contribution in [1.82, 2.24) is 0 Å². The van der Waals surface area contributed by atoms with E-state index in [1.165, 1.54) is 37.4 Å². The number of methoxy groups -OCH3 is 1. The minimum Gasteiger partial charge on any atom is -0.496 e. The van der Waals surface area contributed by atoms with E-state index in [1.807, 2.05) is 0 Å². The molecule has 1 heterocycles. The molecule has 0 radical (unpaired) electrons. The molecule has 2 rings (SSSR count). The quantitative estimate of drug-likeness (QED) is 0.917. The Morgan fingerprint density at radius 3 is 2.71 bits per heavy atom. The van der Waals surface area contributed by atoms with Crippen molar-refractivity contribution in [2.75, 3.05) is 7.11 Å². The Kier molecular flexibility index (Phi) is 3.36. The average Bonchev–Trinajstić information content (AvgIpc) is 2.75. The molecule has 0 bridgehead atoms. The number of rotatable bonds is 3. The summed E-state index contributed by atoms with van der Waals surface area (Å²) in [6.45, 7) is 0. The fourth-order valence-electron chi connectivity index (χ4n) is 1.55. The predicted octanol–water partition coefficient (Wildman–Crippen LogP) is 3.16. The summed E-state index contributed by atoms with van der Waals surface area (Å²) in [5.41, 5.74) is 0.290. The van der Waals surface area contributed by atoms with Crippen molar-refractivity contribution in [3.63, 3.8) is 0 Å². The standard InChI is InChI=1S/C12H10ClFO3/c1-16-9-3-2-7(14)6-8(9)12(15)10-4-5-11(13)17-10/h2-6,12,15H,1H3. The van der Waals surface area contributed by atoms with Gasteiger partial charge in [-0.2, -0.15) is 0 Å². The predicted molar refractivity (Wildman–Crippen MR) is 60.7 cm³/mol. The molecule has 1 N–H and O–H groups in total. The van der Waals surface area contributed by atoms with E-state index in [-0.39, 0.29) is 11.0 Å². The molecule has 0 aliphatic carbocycles. The third kappa shape index (κ3) is 2.43. The first-order valence-corrected chi connectivity index (χ1v) is 5.26. The van der Waals surface area contributed by atoms with Gasteiger partial charge in [0, 0.05) is 5.56 Å². The molecule has 1 aromatic heterocycles. The van der Waals surface area contributed by atoms with E-state index in [0.717, 1.165) is 0 Å². The summed E-state index contributed by atoms with van der Waals surface area (Å²) in [4.78, 5) is 0. The number of aliphatic hydroxyl groups excluding tert-OH is 1. The van der Waals surface area contributed by atoms with Gasteiger partial charge in [0.05, 0.1) is 7.11 Å². The minimum absolute atomic E-state index is 0.161. The maximum atomic E-state index is 13.1. The van der Waals surface area contributed by atoms with Gasteiger partial charge in [0.1, 0.15) is 23.4 Å². The molecule has 5 heteroatoms. The monoisotopic (exact) mass is 256 g/mol.